The van der Waals surface area contributed by atoms with Crippen LogP contribution in [-0.2, 0) is 4.79 Å². The minimum absolute atomic E-state index is 0.235. The summed E-state index contributed by atoms with van der Waals surface area (Å²) in [5, 5.41) is 0. The van der Waals surface area contributed by atoms with E-state index in [0.29, 0.717) is 6.42 Å². The molecule has 0 unspecified atom stereocenters. The number of carbonyl (C=O) groups excluding carboxylic acids is 1. The third-order valence-corrected chi connectivity index (χ3v) is 1.99. The number of ketones is 1. The zero-order chi connectivity index (χ0) is 9.36. The van der Waals surface area contributed by atoms with Gasteiger partial charge in [-0.05, 0) is 31.8 Å². The van der Waals surface area contributed by atoms with Crippen LogP contribution in [-0.4, -0.2) is 5.78 Å². The second kappa shape index (κ2) is 6.41. The van der Waals surface area contributed by atoms with Crippen molar-refractivity contribution >= 4 is 5.78 Å². The van der Waals surface area contributed by atoms with Gasteiger partial charge in [0.25, 0.3) is 0 Å². The van der Waals surface area contributed by atoms with Gasteiger partial charge in [0.15, 0.2) is 5.78 Å². The molecule has 13 heavy (non-hydrogen) atoms. The van der Waals surface area contributed by atoms with E-state index in [0.717, 1.165) is 25.7 Å². The van der Waals surface area contributed by atoms with Crippen molar-refractivity contribution in [1.82, 2.24) is 0 Å². The van der Waals surface area contributed by atoms with Gasteiger partial charge >= 0.3 is 0 Å². The zero-order valence-electron chi connectivity index (χ0n) is 7.91. The molecule has 0 amide bonds. The molecule has 0 aliphatic heterocycles. The molecule has 1 heteroatoms. The SMILES string of the molecule is O=C1/C=C/C=C\CC/C=C\CCC1. The third-order valence-electron chi connectivity index (χ3n) is 1.99. The molecule has 0 saturated heterocycles. The Morgan fingerprint density at radius 2 is 1.69 bits per heavy atom. The van der Waals surface area contributed by atoms with E-state index in [1.165, 1.54) is 0 Å². The summed E-state index contributed by atoms with van der Waals surface area (Å²) in [6.07, 6.45) is 16.8. The molecule has 0 fully saturated rings. The summed E-state index contributed by atoms with van der Waals surface area (Å²) < 4.78 is 0. The lowest BCUT2D eigenvalue weighted by atomic mass is 10.1. The molecule has 0 bridgehead atoms. The highest BCUT2D eigenvalue weighted by Crippen LogP contribution is 2.02. The van der Waals surface area contributed by atoms with Crippen molar-refractivity contribution in [2.45, 2.75) is 32.1 Å². The first kappa shape index (κ1) is 9.97. The number of hydrogen-bond acceptors (Lipinski definition) is 1. The Bertz CT molecular complexity index is 234. The fourth-order valence-electron chi connectivity index (χ4n) is 1.24. The molecule has 1 rings (SSSR count). The van der Waals surface area contributed by atoms with E-state index in [1.54, 1.807) is 6.08 Å². The van der Waals surface area contributed by atoms with Gasteiger partial charge in [-0.3, -0.25) is 4.79 Å². The molecule has 0 radical (unpaired) electrons. The van der Waals surface area contributed by atoms with Crippen molar-refractivity contribution in [2.75, 3.05) is 0 Å². The van der Waals surface area contributed by atoms with Gasteiger partial charge in [-0.15, -0.1) is 0 Å². The van der Waals surface area contributed by atoms with Crippen LogP contribution in [0.3, 0.4) is 0 Å². The Hall–Kier alpha value is -1.11. The topological polar surface area (TPSA) is 17.1 Å². The molecule has 0 heterocycles. The normalized spacial score (nSPS) is 26.9. The average Bonchev–Trinajstić information content (AvgIpc) is 2.11. The van der Waals surface area contributed by atoms with E-state index in [2.05, 4.69) is 18.2 Å². The molecular formula is C12H16O. The zero-order valence-corrected chi connectivity index (χ0v) is 7.91. The Morgan fingerprint density at radius 3 is 2.62 bits per heavy atom. The van der Waals surface area contributed by atoms with Crippen molar-refractivity contribution in [3.8, 4) is 0 Å². The van der Waals surface area contributed by atoms with E-state index in [9.17, 15) is 4.79 Å². The molecule has 1 nitrogen and oxygen atoms in total. The molecule has 0 atom stereocenters. The second-order valence-electron chi connectivity index (χ2n) is 3.19. The van der Waals surface area contributed by atoms with E-state index in [4.69, 9.17) is 0 Å². The molecular weight excluding hydrogens is 160 g/mol. The first-order valence-corrected chi connectivity index (χ1v) is 4.90. The largest absolute Gasteiger partial charge is 0.295 e. The molecule has 1 aliphatic rings. The summed E-state index contributed by atoms with van der Waals surface area (Å²) in [5.41, 5.74) is 0. The number of carbonyl (C=O) groups is 1. The van der Waals surface area contributed by atoms with Crippen molar-refractivity contribution in [1.29, 1.82) is 0 Å². The highest BCUT2D eigenvalue weighted by molar-refractivity contribution is 5.89. The van der Waals surface area contributed by atoms with Crippen LogP contribution in [0.25, 0.3) is 0 Å². The fraction of sp³-hybridized carbons (Fsp3) is 0.417. The summed E-state index contributed by atoms with van der Waals surface area (Å²) >= 11 is 0. The maximum atomic E-state index is 11.2. The highest BCUT2D eigenvalue weighted by atomic mass is 16.1. The predicted molar refractivity (Wildman–Crippen MR) is 55.5 cm³/mol. The molecule has 70 valence electrons. The van der Waals surface area contributed by atoms with Crippen molar-refractivity contribution in [2.24, 2.45) is 0 Å². The Morgan fingerprint density at radius 1 is 0.923 bits per heavy atom. The van der Waals surface area contributed by atoms with Gasteiger partial charge in [0.2, 0.25) is 0 Å². The second-order valence-corrected chi connectivity index (χ2v) is 3.19. The summed E-state index contributed by atoms with van der Waals surface area (Å²) in [6.45, 7) is 0. The minimum atomic E-state index is 0.235. The monoisotopic (exact) mass is 176 g/mol. The average molecular weight is 176 g/mol. The van der Waals surface area contributed by atoms with Crippen molar-refractivity contribution in [3.05, 3.63) is 36.5 Å². The molecule has 0 aromatic rings. The molecule has 1 aliphatic carbocycles. The van der Waals surface area contributed by atoms with Crippen LogP contribution in [0.4, 0.5) is 0 Å². The lowest BCUT2D eigenvalue weighted by molar-refractivity contribution is -0.114. The summed E-state index contributed by atoms with van der Waals surface area (Å²) in [6, 6.07) is 0. The predicted octanol–water partition coefficient (Wildman–Crippen LogP) is 3.19. The van der Waals surface area contributed by atoms with E-state index in [-0.39, 0.29) is 5.78 Å². The molecule has 0 aromatic carbocycles. The quantitative estimate of drug-likeness (QED) is 0.518. The molecule has 0 saturated carbocycles. The first-order chi connectivity index (χ1) is 6.39. The Labute approximate surface area is 79.8 Å². The van der Waals surface area contributed by atoms with Gasteiger partial charge in [-0.2, -0.15) is 0 Å². The van der Waals surface area contributed by atoms with Crippen LogP contribution >= 0.6 is 0 Å². The van der Waals surface area contributed by atoms with Crippen LogP contribution in [0.1, 0.15) is 32.1 Å². The van der Waals surface area contributed by atoms with Crippen molar-refractivity contribution in [3.63, 3.8) is 0 Å². The van der Waals surface area contributed by atoms with Crippen molar-refractivity contribution < 1.29 is 4.79 Å². The van der Waals surface area contributed by atoms with Gasteiger partial charge in [-0.1, -0.05) is 30.4 Å². The maximum Gasteiger partial charge on any atom is 0.155 e. The van der Waals surface area contributed by atoms with Gasteiger partial charge in [0, 0.05) is 6.42 Å². The summed E-state index contributed by atoms with van der Waals surface area (Å²) in [4.78, 5) is 11.2. The maximum absolute atomic E-state index is 11.2. The van der Waals surface area contributed by atoms with E-state index in [1.807, 2.05) is 12.2 Å². The smallest absolute Gasteiger partial charge is 0.155 e. The van der Waals surface area contributed by atoms with Crippen LogP contribution in [0.15, 0.2) is 36.5 Å². The van der Waals surface area contributed by atoms with Crippen LogP contribution in [0, 0.1) is 0 Å². The molecule has 0 aromatic heterocycles. The van der Waals surface area contributed by atoms with Crippen LogP contribution < -0.4 is 0 Å². The lowest BCUT2D eigenvalue weighted by Crippen LogP contribution is -1.91. The van der Waals surface area contributed by atoms with Crippen LogP contribution in [0.5, 0.6) is 0 Å². The molecule has 0 N–H and O–H groups in total. The van der Waals surface area contributed by atoms with E-state index >= 15 is 0 Å². The van der Waals surface area contributed by atoms with Gasteiger partial charge in [0.05, 0.1) is 0 Å². The van der Waals surface area contributed by atoms with Gasteiger partial charge in [0.1, 0.15) is 0 Å². The van der Waals surface area contributed by atoms with Crippen LogP contribution in [0.2, 0.25) is 0 Å². The van der Waals surface area contributed by atoms with Gasteiger partial charge in [-0.25, -0.2) is 0 Å². The number of rotatable bonds is 0. The molecule has 0 spiro atoms. The first-order valence-electron chi connectivity index (χ1n) is 4.90. The van der Waals surface area contributed by atoms with E-state index < -0.39 is 0 Å². The summed E-state index contributed by atoms with van der Waals surface area (Å²) in [7, 11) is 0. The highest BCUT2D eigenvalue weighted by Gasteiger charge is 1.94. The summed E-state index contributed by atoms with van der Waals surface area (Å²) in [5.74, 6) is 0.235. The van der Waals surface area contributed by atoms with Gasteiger partial charge < -0.3 is 0 Å². The number of hydrogen-bond donors (Lipinski definition) is 0. The minimum Gasteiger partial charge on any atom is -0.295 e. The standard InChI is InChI=1S/C12H16O/c13-12-10-8-6-4-2-1-3-5-7-9-11-12/h2,4-5,7,9,11H,1,3,6,8,10H2/b4-2-,7-5-,11-9+. The Balaban J connectivity index is 2.46. The number of allylic oxidation sites excluding steroid dienone is 6. The fourth-order valence-corrected chi connectivity index (χ4v) is 1.24. The Kier molecular flexibility index (Phi) is 4.92. The third kappa shape index (κ3) is 5.18. The lowest BCUT2D eigenvalue weighted by Gasteiger charge is -1.94.